The molecule has 0 bridgehead atoms. The van der Waals surface area contributed by atoms with Crippen LogP contribution >= 0.6 is 11.8 Å². The number of imidazole rings is 1. The summed E-state index contributed by atoms with van der Waals surface area (Å²) >= 11 is 1.41. The van der Waals surface area contributed by atoms with Crippen LogP contribution in [-0.2, 0) is 30.4 Å². The van der Waals surface area contributed by atoms with Gasteiger partial charge < -0.3 is 42.0 Å². The van der Waals surface area contributed by atoms with E-state index in [1.165, 1.54) is 31.2 Å². The second-order valence-electron chi connectivity index (χ2n) is 7.45. The van der Waals surface area contributed by atoms with Crippen molar-refractivity contribution in [3.8, 4) is 0 Å². The molecule has 1 rings (SSSR count). The smallest absolute Gasteiger partial charge is 0.326 e. The van der Waals surface area contributed by atoms with E-state index in [0.717, 1.165) is 0 Å². The zero-order chi connectivity index (χ0) is 25.8. The van der Waals surface area contributed by atoms with Gasteiger partial charge in [-0.15, -0.1) is 0 Å². The standard InChI is InChI=1S/C19H30N6O8S/c1-9(26)15(18(31)24-13(19(32)33)6-14(27)28)25-17(30)12(3-4-34-2)23-16(29)11(20)5-10-7-21-8-22-10/h7-9,11-13,15,26H,3-6,20H2,1-2H3,(H,21,22)(H,23,29)(H,24,31)(H,25,30)(H,27,28)(H,32,33). The summed E-state index contributed by atoms with van der Waals surface area (Å²) < 4.78 is 0. The second-order valence-corrected chi connectivity index (χ2v) is 8.44. The molecule has 0 fully saturated rings. The number of H-pyrrole nitrogens is 1. The fourth-order valence-electron chi connectivity index (χ4n) is 2.80. The molecule has 34 heavy (non-hydrogen) atoms. The van der Waals surface area contributed by atoms with Crippen LogP contribution in [0.15, 0.2) is 12.5 Å². The van der Waals surface area contributed by atoms with Gasteiger partial charge in [0.1, 0.15) is 18.1 Å². The number of nitrogens with one attached hydrogen (secondary N) is 4. The summed E-state index contributed by atoms with van der Waals surface area (Å²) in [5.74, 6) is -5.11. The van der Waals surface area contributed by atoms with Gasteiger partial charge in [-0.3, -0.25) is 19.2 Å². The van der Waals surface area contributed by atoms with Crippen LogP contribution in [0.25, 0.3) is 0 Å². The quantitative estimate of drug-likeness (QED) is 0.124. The molecule has 0 aromatic carbocycles. The number of carbonyl (C=O) groups is 5. The molecule has 5 unspecified atom stereocenters. The Bertz CT molecular complexity index is 850. The van der Waals surface area contributed by atoms with E-state index in [1.54, 1.807) is 6.26 Å². The monoisotopic (exact) mass is 502 g/mol. The molecule has 0 aliphatic rings. The van der Waals surface area contributed by atoms with E-state index in [9.17, 15) is 29.1 Å². The molecule has 1 heterocycles. The predicted molar refractivity (Wildman–Crippen MR) is 121 cm³/mol. The number of carboxylic acid groups (broad SMARTS) is 2. The van der Waals surface area contributed by atoms with Gasteiger partial charge in [-0.25, -0.2) is 9.78 Å². The molecule has 1 aromatic heterocycles. The number of hydrogen-bond acceptors (Lipinski definition) is 9. The third-order valence-electron chi connectivity index (χ3n) is 4.63. The van der Waals surface area contributed by atoms with Crippen molar-refractivity contribution in [3.05, 3.63) is 18.2 Å². The van der Waals surface area contributed by atoms with E-state index >= 15 is 0 Å². The van der Waals surface area contributed by atoms with Gasteiger partial charge >= 0.3 is 11.9 Å². The molecular weight excluding hydrogens is 472 g/mol. The number of nitrogens with zero attached hydrogens (tertiary/aromatic N) is 1. The Morgan fingerprint density at radius 2 is 1.74 bits per heavy atom. The first-order valence-electron chi connectivity index (χ1n) is 10.2. The van der Waals surface area contributed by atoms with E-state index in [-0.39, 0.29) is 12.8 Å². The Hall–Kier alpha value is -3.17. The molecule has 0 aliphatic heterocycles. The number of carbonyl (C=O) groups excluding carboxylic acids is 3. The SMILES string of the molecule is CSCCC(NC(=O)C(N)Cc1cnc[nH]1)C(=O)NC(C(=O)NC(CC(=O)O)C(=O)O)C(C)O. The molecule has 14 nitrogen and oxygen atoms in total. The lowest BCUT2D eigenvalue weighted by molar-refractivity contribution is -0.148. The Kier molecular flexibility index (Phi) is 12.0. The molecular formula is C19H30N6O8S. The van der Waals surface area contributed by atoms with E-state index in [1.807, 2.05) is 5.32 Å². The minimum absolute atomic E-state index is 0.140. The van der Waals surface area contributed by atoms with Gasteiger partial charge in [0.15, 0.2) is 0 Å². The van der Waals surface area contributed by atoms with Crippen molar-refractivity contribution in [2.24, 2.45) is 5.73 Å². The number of aliphatic hydroxyl groups is 1. The molecule has 9 N–H and O–H groups in total. The number of aliphatic carboxylic acids is 2. The number of aromatic nitrogens is 2. The Morgan fingerprint density at radius 1 is 1.09 bits per heavy atom. The summed E-state index contributed by atoms with van der Waals surface area (Å²) in [5, 5.41) is 34.7. The minimum atomic E-state index is -1.77. The Balaban J connectivity index is 2.89. The third-order valence-corrected chi connectivity index (χ3v) is 5.27. The third kappa shape index (κ3) is 9.76. The van der Waals surface area contributed by atoms with Gasteiger partial charge in [-0.05, 0) is 25.4 Å². The number of nitrogens with two attached hydrogens (primary N) is 1. The van der Waals surface area contributed by atoms with E-state index in [4.69, 9.17) is 15.9 Å². The molecule has 5 atom stereocenters. The molecule has 3 amide bonds. The topological polar surface area (TPSA) is 237 Å². The van der Waals surface area contributed by atoms with Crippen molar-refractivity contribution < 1.29 is 39.3 Å². The molecule has 0 radical (unpaired) electrons. The average molecular weight is 503 g/mol. The van der Waals surface area contributed by atoms with Gasteiger partial charge in [0, 0.05) is 18.3 Å². The van der Waals surface area contributed by atoms with Gasteiger partial charge in [-0.1, -0.05) is 0 Å². The Morgan fingerprint density at radius 3 is 2.24 bits per heavy atom. The number of aromatic amines is 1. The summed E-state index contributed by atoms with van der Waals surface area (Å²) in [5.41, 5.74) is 6.52. The van der Waals surface area contributed by atoms with Gasteiger partial charge in [0.05, 0.1) is 24.9 Å². The highest BCUT2D eigenvalue weighted by Gasteiger charge is 2.33. The Labute approximate surface area is 199 Å². The van der Waals surface area contributed by atoms with Crippen molar-refractivity contribution in [2.75, 3.05) is 12.0 Å². The number of carboxylic acids is 2. The number of aliphatic hydroxyl groups excluding tert-OH is 1. The van der Waals surface area contributed by atoms with E-state index < -0.39 is 66.4 Å². The van der Waals surface area contributed by atoms with Crippen LogP contribution < -0.4 is 21.7 Å². The maximum Gasteiger partial charge on any atom is 0.326 e. The first kappa shape index (κ1) is 28.9. The maximum absolute atomic E-state index is 12.8. The molecule has 0 saturated carbocycles. The highest BCUT2D eigenvalue weighted by molar-refractivity contribution is 7.98. The molecule has 1 aromatic rings. The van der Waals surface area contributed by atoms with E-state index in [0.29, 0.717) is 11.4 Å². The number of hydrogen-bond donors (Lipinski definition) is 8. The lowest BCUT2D eigenvalue weighted by Gasteiger charge is -2.26. The van der Waals surface area contributed by atoms with Crippen LogP contribution in [0.4, 0.5) is 0 Å². The number of thioether (sulfide) groups is 1. The summed E-state index contributed by atoms with van der Waals surface area (Å²) in [6.45, 7) is 1.19. The average Bonchev–Trinajstić information content (AvgIpc) is 3.26. The predicted octanol–water partition coefficient (Wildman–Crippen LogP) is -2.57. The number of rotatable bonds is 15. The zero-order valence-electron chi connectivity index (χ0n) is 18.7. The van der Waals surface area contributed by atoms with Crippen LogP contribution in [-0.4, -0.2) is 97.2 Å². The van der Waals surface area contributed by atoms with Crippen molar-refractivity contribution in [2.45, 2.75) is 56.5 Å². The summed E-state index contributed by atoms with van der Waals surface area (Å²) in [7, 11) is 0. The van der Waals surface area contributed by atoms with Crippen molar-refractivity contribution in [1.29, 1.82) is 0 Å². The summed E-state index contributed by atoms with van der Waals surface area (Å²) in [6.07, 6.45) is 2.70. The van der Waals surface area contributed by atoms with Crippen molar-refractivity contribution in [3.63, 3.8) is 0 Å². The van der Waals surface area contributed by atoms with Crippen molar-refractivity contribution >= 4 is 41.4 Å². The lowest BCUT2D eigenvalue weighted by atomic mass is 10.1. The molecule has 190 valence electrons. The van der Waals surface area contributed by atoms with Crippen molar-refractivity contribution in [1.82, 2.24) is 25.9 Å². The first-order valence-corrected chi connectivity index (χ1v) is 11.6. The normalized spacial score (nSPS) is 15.3. The van der Waals surface area contributed by atoms with Crippen LogP contribution in [0, 0.1) is 0 Å². The van der Waals surface area contributed by atoms with Crippen LogP contribution in [0.1, 0.15) is 25.5 Å². The zero-order valence-corrected chi connectivity index (χ0v) is 19.5. The van der Waals surface area contributed by atoms with Crippen LogP contribution in [0.2, 0.25) is 0 Å². The lowest BCUT2D eigenvalue weighted by Crippen LogP contribution is -2.60. The number of amides is 3. The van der Waals surface area contributed by atoms with Gasteiger partial charge in [-0.2, -0.15) is 11.8 Å². The minimum Gasteiger partial charge on any atom is -0.481 e. The largest absolute Gasteiger partial charge is 0.481 e. The van der Waals surface area contributed by atoms with Gasteiger partial charge in [0.25, 0.3) is 0 Å². The second kappa shape index (κ2) is 14.2. The van der Waals surface area contributed by atoms with Crippen LogP contribution in [0.3, 0.4) is 0 Å². The molecule has 0 aliphatic carbocycles. The molecule has 0 saturated heterocycles. The van der Waals surface area contributed by atoms with Gasteiger partial charge in [0.2, 0.25) is 17.7 Å². The van der Waals surface area contributed by atoms with Crippen LogP contribution in [0.5, 0.6) is 0 Å². The maximum atomic E-state index is 12.8. The molecule has 15 heteroatoms. The molecule has 0 spiro atoms. The summed E-state index contributed by atoms with van der Waals surface area (Å²) in [4.78, 5) is 66.6. The fourth-order valence-corrected chi connectivity index (χ4v) is 3.28. The fraction of sp³-hybridized carbons (Fsp3) is 0.579. The summed E-state index contributed by atoms with van der Waals surface area (Å²) in [6, 6.07) is -5.46. The highest BCUT2D eigenvalue weighted by atomic mass is 32.2. The highest BCUT2D eigenvalue weighted by Crippen LogP contribution is 2.05. The van der Waals surface area contributed by atoms with E-state index in [2.05, 4.69) is 20.6 Å². The first-order chi connectivity index (χ1) is 16.0.